The van der Waals surface area contributed by atoms with E-state index in [1.807, 2.05) is 6.92 Å². The fourth-order valence-corrected chi connectivity index (χ4v) is 14.5. The number of nitrogens with one attached hydrogen (secondary N) is 2. The van der Waals surface area contributed by atoms with Gasteiger partial charge in [-0.25, -0.2) is 39.9 Å². The van der Waals surface area contributed by atoms with Gasteiger partial charge in [-0.15, -0.1) is 45.3 Å². The normalized spacial score (nSPS) is 14.9. The van der Waals surface area contributed by atoms with E-state index in [4.69, 9.17) is 30.7 Å². The molecule has 0 saturated carbocycles. The number of carbonyl (C=O) groups is 3. The van der Waals surface area contributed by atoms with Gasteiger partial charge >= 0.3 is 63.5 Å². The molecule has 0 aromatic carbocycles. The van der Waals surface area contributed by atoms with Crippen molar-refractivity contribution in [2.45, 2.75) is 152 Å². The molecule has 0 aliphatic carbocycles. The quantitative estimate of drug-likeness (QED) is 0.0396. The summed E-state index contributed by atoms with van der Waals surface area (Å²) < 4.78 is 9.95. The number of rotatable bonds is 14. The van der Waals surface area contributed by atoms with E-state index in [9.17, 15) is 14.4 Å². The monoisotopic (exact) mass is 1360 g/mol. The number of piperidine rings is 4. The first kappa shape index (κ1) is 81.2. The molecule has 0 unspecified atom stereocenters. The molecule has 7 N–H and O–H groups in total. The second kappa shape index (κ2) is 43.1. The van der Waals surface area contributed by atoms with Crippen molar-refractivity contribution in [3.05, 3.63) is 74.2 Å². The van der Waals surface area contributed by atoms with Gasteiger partial charge < -0.3 is 47.9 Å². The van der Waals surface area contributed by atoms with E-state index in [-0.39, 0.29) is 103 Å². The first-order valence-corrected chi connectivity index (χ1v) is 33.2. The van der Waals surface area contributed by atoms with E-state index in [2.05, 4.69) is 124 Å². The summed E-state index contributed by atoms with van der Waals surface area (Å²) in [6.45, 7) is 21.6. The van der Waals surface area contributed by atoms with Gasteiger partial charge in [0, 0.05) is 83.0 Å². The number of aromatic nitrogens is 8. The van der Waals surface area contributed by atoms with Gasteiger partial charge in [-0.05, 0) is 114 Å². The standard InChI is InChI=1S/C15H21N3S.C14H18N4OS.C14H17N3O2S.C8H7ClN2S.C8H15NO2.CO2.2CH4.K.H3N.H2O.H/c1-3-11-5-7-18(8-6-11)14-13-9-12(4-2)19-15(13)17-10-16-14;1-2-11-7-12-13(15-8-16-14(12)20-11)18-5-3-10(4-6-18)17-9-19;1-2-11-7-12-13(15-8-16-14(12)20-11)17-5-3-10(4-6-17)19-9-18;1-2-5-3-6-7(9)10-4-11-8(6)12-5;1-2-11-8(10)7-3-5-9-6-4-7;2-1-3;;;;;;/h9-11H,3-8H2,1-2H3;7-10H,2-6H2,1H3,(H,17,19);7-10H,2-6H2,1H3;3-4H,2H2,1H3;7,9H,2-6H2,1H3;;2*1H4;;1H3;1H2;/q;;;;;;;;+1;;;-1. The molecule has 0 atom stereocenters. The number of esters is 1. The van der Waals surface area contributed by atoms with Crippen molar-refractivity contribution in [1.82, 2.24) is 56.7 Å². The molecule has 4 saturated heterocycles. The first-order chi connectivity index (χ1) is 41.5. The summed E-state index contributed by atoms with van der Waals surface area (Å²) in [6, 6.07) is 9.05. The molecule has 28 heteroatoms. The maximum Gasteiger partial charge on any atom is 1.00 e. The fourth-order valence-electron chi connectivity index (χ4n) is 10.5. The molecule has 12 rings (SSSR count). The molecule has 22 nitrogen and oxygen atoms in total. The maximum absolute atomic E-state index is 11.1. The SMILES string of the molecule is C.C.CCOC(=O)C1CCNCC1.CCc1cc2c(Cl)ncnc2s1.CCc1cc2c(N3CCC(CC)CC3)ncnc2s1.CCc1cc2c(N3CCC(NC=O)CC3)ncnc2s1.CCc1cc2c(N3CCC(OC=O)CC3)ncnc2s1.N.O.O=C=O.[H-].[K+]. The first-order valence-electron chi connectivity index (χ1n) is 29.5. The van der Waals surface area contributed by atoms with Crippen LogP contribution in [0, 0.1) is 11.8 Å². The average Bonchev–Trinajstić information content (AvgIpc) is 2.67. The number of thiophene rings is 4. The predicted octanol–water partition coefficient (Wildman–Crippen LogP) is 8.84. The Morgan fingerprint density at radius 1 is 0.611 bits per heavy atom. The Balaban J connectivity index is 0.000000562. The molecule has 0 spiro atoms. The molecule has 4 aliphatic rings. The van der Waals surface area contributed by atoms with Gasteiger partial charge in [0.1, 0.15) is 73.3 Å². The van der Waals surface area contributed by atoms with Gasteiger partial charge in [0.05, 0.1) is 28.7 Å². The molecular formula is C62H92ClKN14O8S4. The van der Waals surface area contributed by atoms with Gasteiger partial charge in [-0.1, -0.05) is 67.5 Å². The van der Waals surface area contributed by atoms with Crippen LogP contribution in [0.1, 0.15) is 135 Å². The average molecular weight is 1360 g/mol. The molecule has 0 bridgehead atoms. The largest absolute Gasteiger partial charge is 1.00 e. The molecule has 12 heterocycles. The van der Waals surface area contributed by atoms with Crippen LogP contribution in [0.5, 0.6) is 0 Å². The van der Waals surface area contributed by atoms with E-state index < -0.39 is 0 Å². The molecule has 8 aromatic heterocycles. The Kier molecular flexibility index (Phi) is 38.9. The molecule has 4 aliphatic heterocycles. The zero-order chi connectivity index (χ0) is 60.5. The van der Waals surface area contributed by atoms with Crippen molar-refractivity contribution in [3.63, 3.8) is 0 Å². The number of amides is 1. The summed E-state index contributed by atoms with van der Waals surface area (Å²) in [5.74, 6) is 4.23. The van der Waals surface area contributed by atoms with Crippen molar-refractivity contribution < 1.29 is 91.7 Å². The third-order valence-corrected chi connectivity index (χ3v) is 20.4. The Labute approximate surface area is 594 Å². The van der Waals surface area contributed by atoms with Crippen LogP contribution in [-0.4, -0.2) is 141 Å². The second-order valence-corrected chi connectivity index (χ2v) is 25.4. The summed E-state index contributed by atoms with van der Waals surface area (Å²) in [4.78, 5) is 99.6. The summed E-state index contributed by atoms with van der Waals surface area (Å²) in [5.41, 5.74) is 0. The van der Waals surface area contributed by atoms with Crippen molar-refractivity contribution in [2.24, 2.45) is 11.8 Å². The van der Waals surface area contributed by atoms with Crippen LogP contribution in [0.4, 0.5) is 17.5 Å². The van der Waals surface area contributed by atoms with E-state index in [1.165, 1.54) is 50.5 Å². The number of carbonyl (C=O) groups excluding carboxylic acids is 5. The minimum atomic E-state index is -0.0194. The van der Waals surface area contributed by atoms with Gasteiger partial charge in [-0.3, -0.25) is 14.4 Å². The number of ether oxygens (including phenoxy) is 2. The number of aryl methyl sites for hydroxylation is 4. The van der Waals surface area contributed by atoms with Crippen LogP contribution in [0.3, 0.4) is 0 Å². The van der Waals surface area contributed by atoms with E-state index >= 15 is 0 Å². The summed E-state index contributed by atoms with van der Waals surface area (Å²) in [5, 5.41) is 11.2. The predicted molar refractivity (Wildman–Crippen MR) is 365 cm³/mol. The third-order valence-electron chi connectivity index (χ3n) is 15.3. The minimum absolute atomic E-state index is 0. The van der Waals surface area contributed by atoms with Crippen molar-refractivity contribution in [3.8, 4) is 0 Å². The molecule has 490 valence electrons. The maximum atomic E-state index is 11.1. The Hall–Kier alpha value is -4.84. The molecule has 90 heavy (non-hydrogen) atoms. The Bertz CT molecular complexity index is 3290. The number of anilines is 3. The van der Waals surface area contributed by atoms with Gasteiger partial charge in [0.2, 0.25) is 6.41 Å². The Morgan fingerprint density at radius 3 is 1.33 bits per heavy atom. The number of nitrogens with zero attached hydrogens (tertiary/aromatic N) is 11. The smallest absolute Gasteiger partial charge is 1.00 e. The summed E-state index contributed by atoms with van der Waals surface area (Å²) >= 11 is 12.8. The number of hydrogen-bond donors (Lipinski definition) is 3. The zero-order valence-electron chi connectivity index (χ0n) is 52.6. The van der Waals surface area contributed by atoms with Crippen LogP contribution in [0.2, 0.25) is 5.15 Å². The van der Waals surface area contributed by atoms with E-state index in [0.29, 0.717) is 24.3 Å². The Morgan fingerprint density at radius 2 is 0.978 bits per heavy atom. The van der Waals surface area contributed by atoms with Crippen molar-refractivity contribution in [1.29, 1.82) is 0 Å². The van der Waals surface area contributed by atoms with Crippen LogP contribution < -0.4 is 82.9 Å². The van der Waals surface area contributed by atoms with E-state index in [0.717, 1.165) is 182 Å². The molecular weight excluding hydrogens is 1270 g/mol. The topological polar surface area (TPSA) is 307 Å². The number of halogens is 1. The minimum Gasteiger partial charge on any atom is -1.00 e. The number of fused-ring (bicyclic) bond motifs is 4. The van der Waals surface area contributed by atoms with Crippen LogP contribution >= 0.6 is 56.9 Å². The van der Waals surface area contributed by atoms with Crippen molar-refractivity contribution >= 4 is 140 Å². The van der Waals surface area contributed by atoms with Gasteiger partial charge in [0.25, 0.3) is 6.47 Å². The van der Waals surface area contributed by atoms with E-state index in [1.54, 1.807) is 64.3 Å². The molecule has 4 fully saturated rings. The van der Waals surface area contributed by atoms with Crippen molar-refractivity contribution in [2.75, 3.05) is 73.7 Å². The second-order valence-electron chi connectivity index (χ2n) is 20.6. The van der Waals surface area contributed by atoms with Gasteiger partial charge in [-0.2, -0.15) is 9.59 Å². The van der Waals surface area contributed by atoms with Gasteiger partial charge in [0.15, 0.2) is 0 Å². The third kappa shape index (κ3) is 23.0. The van der Waals surface area contributed by atoms with Crippen LogP contribution in [0.15, 0.2) is 49.6 Å². The molecule has 0 radical (unpaired) electrons. The molecule has 1 amide bonds. The fraction of sp³-hybridized carbons (Fsp3) is 0.548. The van der Waals surface area contributed by atoms with Crippen LogP contribution in [0.25, 0.3) is 40.9 Å². The summed E-state index contributed by atoms with van der Waals surface area (Å²) in [7, 11) is 0. The summed E-state index contributed by atoms with van der Waals surface area (Å²) in [6.07, 6.45) is 21.2. The zero-order valence-corrected chi connectivity index (χ0v) is 58.8. The van der Waals surface area contributed by atoms with Crippen LogP contribution in [-0.2, 0) is 59.1 Å². The molecule has 8 aromatic rings. The number of hydrogen-bond acceptors (Lipinski definition) is 24.